The van der Waals surface area contributed by atoms with Gasteiger partial charge in [0.25, 0.3) is 0 Å². The second kappa shape index (κ2) is 12.0. The fourth-order valence-electron chi connectivity index (χ4n) is 3.97. The number of hydrogen-bond donors (Lipinski definition) is 0. The summed E-state index contributed by atoms with van der Waals surface area (Å²) >= 11 is 3.39. The molecule has 1 amide bonds. The maximum absolute atomic E-state index is 13.5. The van der Waals surface area contributed by atoms with E-state index < -0.39 is 0 Å². The molecule has 0 atom stereocenters. The molecular formula is C26H33N3O3S2. The van der Waals surface area contributed by atoms with Crippen LogP contribution in [0.15, 0.2) is 47.4 Å². The monoisotopic (exact) mass is 499 g/mol. The Hall–Kier alpha value is -2.13. The highest BCUT2D eigenvalue weighted by molar-refractivity contribution is 7.99. The van der Waals surface area contributed by atoms with Crippen LogP contribution in [-0.4, -0.2) is 67.5 Å². The Morgan fingerprint density at radius 3 is 2.68 bits per heavy atom. The first-order valence-electron chi connectivity index (χ1n) is 11.8. The second-order valence-electron chi connectivity index (χ2n) is 8.67. The van der Waals surface area contributed by atoms with Gasteiger partial charge < -0.3 is 9.47 Å². The molecule has 0 bridgehead atoms. The van der Waals surface area contributed by atoms with Gasteiger partial charge in [0.1, 0.15) is 5.75 Å². The van der Waals surface area contributed by atoms with Gasteiger partial charge >= 0.3 is 0 Å². The van der Waals surface area contributed by atoms with Gasteiger partial charge in [-0.05, 0) is 36.2 Å². The van der Waals surface area contributed by atoms with Gasteiger partial charge in [-0.25, -0.2) is 4.98 Å². The van der Waals surface area contributed by atoms with Crippen molar-refractivity contribution in [2.75, 3.05) is 51.4 Å². The van der Waals surface area contributed by atoms with E-state index in [9.17, 15) is 4.79 Å². The van der Waals surface area contributed by atoms with E-state index in [-0.39, 0.29) is 5.91 Å². The van der Waals surface area contributed by atoms with Gasteiger partial charge in [0, 0.05) is 42.4 Å². The van der Waals surface area contributed by atoms with E-state index in [1.165, 1.54) is 4.90 Å². The van der Waals surface area contributed by atoms with Crippen LogP contribution in [-0.2, 0) is 16.0 Å². The highest BCUT2D eigenvalue weighted by atomic mass is 32.2. The van der Waals surface area contributed by atoms with Crippen molar-refractivity contribution in [1.29, 1.82) is 0 Å². The predicted molar refractivity (Wildman–Crippen MR) is 142 cm³/mol. The molecule has 0 unspecified atom stereocenters. The van der Waals surface area contributed by atoms with E-state index in [0.29, 0.717) is 18.2 Å². The zero-order valence-corrected chi connectivity index (χ0v) is 21.8. The molecule has 2 heterocycles. The van der Waals surface area contributed by atoms with Crippen LogP contribution in [0.5, 0.6) is 5.75 Å². The van der Waals surface area contributed by atoms with E-state index in [0.717, 1.165) is 65.9 Å². The molecule has 1 aliphatic rings. The SMILES string of the molecule is COc1ccc2sc(N(CCCN3CCOCC3)C(=O)Cc3ccc(SC(C)C)cc3)nc2c1. The number of thioether (sulfide) groups is 1. The Balaban J connectivity index is 1.49. The van der Waals surface area contributed by atoms with Crippen LogP contribution in [0, 0.1) is 0 Å². The molecule has 4 rings (SSSR count). The third kappa shape index (κ3) is 6.72. The Morgan fingerprint density at radius 1 is 1.21 bits per heavy atom. The molecule has 3 aromatic rings. The summed E-state index contributed by atoms with van der Waals surface area (Å²) in [7, 11) is 1.65. The van der Waals surface area contributed by atoms with Crippen molar-refractivity contribution in [2.45, 2.75) is 36.8 Å². The Morgan fingerprint density at radius 2 is 1.97 bits per heavy atom. The number of thiazole rings is 1. The lowest BCUT2D eigenvalue weighted by Gasteiger charge is -2.27. The molecule has 0 radical (unpaired) electrons. The molecule has 182 valence electrons. The van der Waals surface area contributed by atoms with Crippen LogP contribution < -0.4 is 9.64 Å². The molecule has 6 nitrogen and oxygen atoms in total. The molecule has 0 saturated carbocycles. The van der Waals surface area contributed by atoms with Crippen molar-refractivity contribution in [1.82, 2.24) is 9.88 Å². The molecule has 2 aromatic carbocycles. The summed E-state index contributed by atoms with van der Waals surface area (Å²) in [5.41, 5.74) is 1.89. The van der Waals surface area contributed by atoms with Gasteiger partial charge in [-0.1, -0.05) is 37.3 Å². The minimum Gasteiger partial charge on any atom is -0.497 e. The first-order valence-corrected chi connectivity index (χ1v) is 13.5. The molecule has 1 fully saturated rings. The van der Waals surface area contributed by atoms with Crippen LogP contribution in [0.3, 0.4) is 0 Å². The van der Waals surface area contributed by atoms with Crippen molar-refractivity contribution in [2.24, 2.45) is 0 Å². The van der Waals surface area contributed by atoms with Gasteiger partial charge in [0.05, 0.1) is 37.0 Å². The van der Waals surface area contributed by atoms with Gasteiger partial charge in [0.2, 0.25) is 5.91 Å². The van der Waals surface area contributed by atoms with E-state index in [1.54, 1.807) is 18.4 Å². The van der Waals surface area contributed by atoms with E-state index in [1.807, 2.05) is 34.9 Å². The lowest BCUT2D eigenvalue weighted by molar-refractivity contribution is -0.118. The number of amides is 1. The van der Waals surface area contributed by atoms with Crippen molar-refractivity contribution in [3.8, 4) is 5.75 Å². The fourth-order valence-corrected chi connectivity index (χ4v) is 5.80. The summed E-state index contributed by atoms with van der Waals surface area (Å²) in [5.74, 6) is 0.853. The number of hydrogen-bond acceptors (Lipinski definition) is 7. The second-order valence-corrected chi connectivity index (χ2v) is 11.3. The van der Waals surface area contributed by atoms with Crippen molar-refractivity contribution in [3.05, 3.63) is 48.0 Å². The van der Waals surface area contributed by atoms with Crippen LogP contribution >= 0.6 is 23.1 Å². The summed E-state index contributed by atoms with van der Waals surface area (Å²) in [5, 5.41) is 1.29. The zero-order valence-electron chi connectivity index (χ0n) is 20.2. The Labute approximate surface area is 210 Å². The van der Waals surface area contributed by atoms with E-state index in [2.05, 4.69) is 43.0 Å². The summed E-state index contributed by atoms with van der Waals surface area (Å²) < 4.78 is 11.9. The lowest BCUT2D eigenvalue weighted by atomic mass is 10.1. The third-order valence-corrected chi connectivity index (χ3v) is 7.80. The number of carbonyl (C=O) groups excluding carboxylic acids is 1. The number of methoxy groups -OCH3 is 1. The minimum atomic E-state index is 0.0808. The number of nitrogens with zero attached hydrogens (tertiary/aromatic N) is 3. The zero-order chi connectivity index (χ0) is 23.9. The van der Waals surface area contributed by atoms with Crippen LogP contribution in [0.25, 0.3) is 10.2 Å². The number of fused-ring (bicyclic) bond motifs is 1. The first kappa shape index (κ1) is 25.0. The maximum atomic E-state index is 13.5. The summed E-state index contributed by atoms with van der Waals surface area (Å²) in [4.78, 5) is 23.8. The topological polar surface area (TPSA) is 54.9 Å². The van der Waals surface area contributed by atoms with Crippen molar-refractivity contribution >= 4 is 44.4 Å². The van der Waals surface area contributed by atoms with Gasteiger partial charge in [-0.2, -0.15) is 0 Å². The van der Waals surface area contributed by atoms with E-state index in [4.69, 9.17) is 14.5 Å². The van der Waals surface area contributed by atoms with Crippen molar-refractivity contribution < 1.29 is 14.3 Å². The number of benzene rings is 2. The standard InChI is InChI=1S/C26H33N3O3S2/c1-19(2)33-22-8-5-20(6-9-22)17-25(30)29(12-4-11-28-13-15-32-16-14-28)26-27-23-18-21(31-3)7-10-24(23)34-26/h5-10,18-19H,4,11-17H2,1-3H3. The molecule has 0 N–H and O–H groups in total. The largest absolute Gasteiger partial charge is 0.497 e. The number of anilines is 1. The highest BCUT2D eigenvalue weighted by Crippen LogP contribution is 2.32. The Kier molecular flexibility index (Phi) is 8.83. The summed E-state index contributed by atoms with van der Waals surface area (Å²) in [6.07, 6.45) is 1.26. The first-order chi connectivity index (χ1) is 16.5. The highest BCUT2D eigenvalue weighted by Gasteiger charge is 2.21. The molecule has 0 aliphatic carbocycles. The number of morpholine rings is 1. The van der Waals surface area contributed by atoms with E-state index >= 15 is 0 Å². The van der Waals surface area contributed by atoms with Crippen LogP contribution in [0.2, 0.25) is 0 Å². The van der Waals surface area contributed by atoms with Gasteiger partial charge in [0.15, 0.2) is 5.13 Å². The van der Waals surface area contributed by atoms with Crippen LogP contribution in [0.4, 0.5) is 5.13 Å². The molecule has 1 aliphatic heterocycles. The van der Waals surface area contributed by atoms with Gasteiger partial charge in [-0.3, -0.25) is 14.6 Å². The number of aromatic nitrogens is 1. The molecule has 1 saturated heterocycles. The molecule has 1 aromatic heterocycles. The smallest absolute Gasteiger partial charge is 0.233 e. The normalized spacial score (nSPS) is 14.6. The maximum Gasteiger partial charge on any atom is 0.233 e. The summed E-state index contributed by atoms with van der Waals surface area (Å²) in [6.45, 7) is 9.45. The number of carbonyl (C=O) groups is 1. The third-order valence-electron chi connectivity index (χ3n) is 5.73. The number of ether oxygens (including phenoxy) is 2. The lowest BCUT2D eigenvalue weighted by Crippen LogP contribution is -2.39. The number of rotatable bonds is 10. The Bertz CT molecular complexity index is 1080. The minimum absolute atomic E-state index is 0.0808. The quantitative estimate of drug-likeness (QED) is 0.362. The van der Waals surface area contributed by atoms with Crippen LogP contribution in [0.1, 0.15) is 25.8 Å². The molecular weight excluding hydrogens is 466 g/mol. The van der Waals surface area contributed by atoms with Gasteiger partial charge in [-0.15, -0.1) is 11.8 Å². The molecule has 0 spiro atoms. The predicted octanol–water partition coefficient (Wildman–Crippen LogP) is 5.10. The fraction of sp³-hybridized carbons (Fsp3) is 0.462. The summed E-state index contributed by atoms with van der Waals surface area (Å²) in [6, 6.07) is 14.2. The molecule has 34 heavy (non-hydrogen) atoms. The molecule has 8 heteroatoms. The average molecular weight is 500 g/mol. The average Bonchev–Trinajstić information content (AvgIpc) is 3.26. The van der Waals surface area contributed by atoms with Crippen molar-refractivity contribution in [3.63, 3.8) is 0 Å².